The van der Waals surface area contributed by atoms with Crippen molar-refractivity contribution in [3.63, 3.8) is 0 Å². The van der Waals surface area contributed by atoms with Gasteiger partial charge in [-0.3, -0.25) is 9.59 Å². The van der Waals surface area contributed by atoms with Crippen LogP contribution in [-0.2, 0) is 4.79 Å². The third kappa shape index (κ3) is 3.55. The lowest BCUT2D eigenvalue weighted by atomic mass is 9.92. The molecule has 1 aromatic heterocycles. The minimum absolute atomic E-state index is 0.0104. The molecule has 1 amide bonds. The number of halogens is 1. The van der Waals surface area contributed by atoms with Gasteiger partial charge in [-0.1, -0.05) is 12.1 Å². The van der Waals surface area contributed by atoms with Crippen LogP contribution in [0.15, 0.2) is 65.4 Å². The first-order valence-corrected chi connectivity index (χ1v) is 10.6. The van der Waals surface area contributed by atoms with Gasteiger partial charge in [0.2, 0.25) is 5.91 Å². The molecule has 0 radical (unpaired) electrons. The number of carbonyl (C=O) groups is 2. The maximum Gasteiger partial charge on any atom is 0.243 e. The lowest BCUT2D eigenvalue weighted by molar-refractivity contribution is -0.123. The fourth-order valence-corrected chi connectivity index (χ4v) is 5.06. The second-order valence-electron chi connectivity index (χ2n) is 6.39. The van der Waals surface area contributed by atoms with Gasteiger partial charge in [0.25, 0.3) is 0 Å². The third-order valence-corrected chi connectivity index (χ3v) is 6.55. The van der Waals surface area contributed by atoms with Gasteiger partial charge in [-0.25, -0.2) is 4.39 Å². The van der Waals surface area contributed by atoms with Crippen molar-refractivity contribution in [1.29, 1.82) is 0 Å². The Kier molecular flexibility index (Phi) is 5.19. The number of hydrogen-bond acceptors (Lipinski definition) is 5. The summed E-state index contributed by atoms with van der Waals surface area (Å²) in [6, 6.07) is 13.9. The van der Waals surface area contributed by atoms with Crippen LogP contribution in [0.5, 0.6) is 5.75 Å². The summed E-state index contributed by atoms with van der Waals surface area (Å²) >= 11 is 2.77. The van der Waals surface area contributed by atoms with Crippen LogP contribution in [-0.4, -0.2) is 27.8 Å². The molecule has 1 N–H and O–H groups in total. The Morgan fingerprint density at radius 2 is 1.82 bits per heavy atom. The molecule has 142 valence electrons. The second kappa shape index (κ2) is 7.77. The van der Waals surface area contributed by atoms with Gasteiger partial charge in [0.15, 0.2) is 5.78 Å². The number of amides is 1. The first-order valence-electron chi connectivity index (χ1n) is 8.59. The van der Waals surface area contributed by atoms with Gasteiger partial charge in [-0.2, -0.15) is 11.3 Å². The highest BCUT2D eigenvalue weighted by Crippen LogP contribution is 2.45. The van der Waals surface area contributed by atoms with Crippen molar-refractivity contribution in [3.05, 3.63) is 82.3 Å². The predicted octanol–water partition coefficient (Wildman–Crippen LogP) is 4.67. The van der Waals surface area contributed by atoms with E-state index in [-0.39, 0.29) is 35.1 Å². The Balaban J connectivity index is 1.58. The maximum atomic E-state index is 13.3. The number of rotatable bonds is 6. The molecule has 3 aromatic rings. The van der Waals surface area contributed by atoms with Crippen LogP contribution in [0.4, 0.5) is 10.1 Å². The summed E-state index contributed by atoms with van der Waals surface area (Å²) in [4.78, 5) is 26.8. The minimum Gasteiger partial charge on any atom is -0.508 e. The topological polar surface area (TPSA) is 57.6 Å². The van der Waals surface area contributed by atoms with E-state index in [9.17, 15) is 19.1 Å². The molecule has 2 aromatic carbocycles. The van der Waals surface area contributed by atoms with Gasteiger partial charge in [0, 0.05) is 16.6 Å². The first kappa shape index (κ1) is 18.7. The molecule has 0 unspecified atom stereocenters. The monoisotopic (exact) mass is 413 g/mol. The van der Waals surface area contributed by atoms with Crippen molar-refractivity contribution in [1.82, 2.24) is 0 Å². The molecule has 28 heavy (non-hydrogen) atoms. The lowest BCUT2D eigenvalue weighted by Gasteiger charge is -2.47. The second-order valence-corrected chi connectivity index (χ2v) is 8.30. The molecule has 1 aliphatic rings. The van der Waals surface area contributed by atoms with Crippen LogP contribution in [0.2, 0.25) is 0 Å². The highest BCUT2D eigenvalue weighted by atomic mass is 32.2. The summed E-state index contributed by atoms with van der Waals surface area (Å²) in [5.74, 6) is -0.153. The molecule has 0 bridgehead atoms. The zero-order valence-corrected chi connectivity index (χ0v) is 16.3. The SMILES string of the molecule is O=C(CS[C@@H]1C(=O)N(c2ccc(F)cc2)[C@H]1c1ccc(O)cc1)c1ccsc1. The van der Waals surface area contributed by atoms with Crippen LogP contribution < -0.4 is 4.90 Å². The largest absolute Gasteiger partial charge is 0.508 e. The number of hydrogen-bond donors (Lipinski definition) is 1. The van der Waals surface area contributed by atoms with E-state index in [0.29, 0.717) is 11.3 Å². The van der Waals surface area contributed by atoms with Gasteiger partial charge < -0.3 is 10.0 Å². The number of phenolic OH excluding ortho intramolecular Hbond substituents is 1. The van der Waals surface area contributed by atoms with Crippen LogP contribution in [0.3, 0.4) is 0 Å². The molecule has 7 heteroatoms. The molecule has 0 spiro atoms. The minimum atomic E-state index is -0.419. The van der Waals surface area contributed by atoms with Crippen LogP contribution in [0.1, 0.15) is 22.0 Å². The van der Waals surface area contributed by atoms with E-state index in [1.54, 1.807) is 52.7 Å². The van der Waals surface area contributed by atoms with Crippen molar-refractivity contribution in [2.75, 3.05) is 10.7 Å². The maximum absolute atomic E-state index is 13.3. The molecule has 1 fully saturated rings. The Morgan fingerprint density at radius 3 is 2.46 bits per heavy atom. The Bertz CT molecular complexity index is 988. The number of Topliss-reactive ketones (excluding diaryl/α,β-unsaturated/α-hetero) is 1. The van der Waals surface area contributed by atoms with E-state index in [0.717, 1.165) is 5.56 Å². The van der Waals surface area contributed by atoms with Crippen LogP contribution in [0.25, 0.3) is 0 Å². The Labute approximate surface area is 169 Å². The number of nitrogens with zero attached hydrogens (tertiary/aromatic N) is 1. The number of phenols is 1. The van der Waals surface area contributed by atoms with E-state index < -0.39 is 5.25 Å². The average Bonchev–Trinajstić information content (AvgIpc) is 3.23. The van der Waals surface area contributed by atoms with E-state index in [4.69, 9.17) is 0 Å². The number of benzene rings is 2. The highest BCUT2D eigenvalue weighted by molar-refractivity contribution is 8.01. The van der Waals surface area contributed by atoms with Gasteiger partial charge in [-0.05, 0) is 53.4 Å². The van der Waals surface area contributed by atoms with Crippen molar-refractivity contribution < 1.29 is 19.1 Å². The zero-order valence-electron chi connectivity index (χ0n) is 14.6. The summed E-state index contributed by atoms with van der Waals surface area (Å²) in [5.41, 5.74) is 2.11. The lowest BCUT2D eigenvalue weighted by Crippen LogP contribution is -2.57. The number of aromatic hydroxyl groups is 1. The molecule has 2 atom stereocenters. The number of ketones is 1. The highest BCUT2D eigenvalue weighted by Gasteiger charge is 2.49. The molecule has 2 heterocycles. The summed E-state index contributed by atoms with van der Waals surface area (Å²) in [6.07, 6.45) is 0. The van der Waals surface area contributed by atoms with E-state index >= 15 is 0 Å². The summed E-state index contributed by atoms with van der Waals surface area (Å²) in [7, 11) is 0. The smallest absolute Gasteiger partial charge is 0.243 e. The van der Waals surface area contributed by atoms with Crippen LogP contribution >= 0.6 is 23.1 Å². The first-order chi connectivity index (χ1) is 13.5. The fraction of sp³-hybridized carbons (Fsp3) is 0.143. The van der Waals surface area contributed by atoms with Gasteiger partial charge in [-0.15, -0.1) is 11.8 Å². The number of β-lactam (4-membered cyclic amide) rings is 1. The van der Waals surface area contributed by atoms with E-state index in [1.165, 1.54) is 35.2 Å². The molecule has 0 aliphatic carbocycles. The Hall–Kier alpha value is -2.64. The molecule has 4 nitrogen and oxygen atoms in total. The van der Waals surface area contributed by atoms with Crippen molar-refractivity contribution in [3.8, 4) is 5.75 Å². The molecule has 1 saturated heterocycles. The summed E-state index contributed by atoms with van der Waals surface area (Å²) < 4.78 is 13.3. The number of anilines is 1. The molecular formula is C21H16FNO3S2. The summed E-state index contributed by atoms with van der Waals surface area (Å²) in [6.45, 7) is 0. The molecule has 4 rings (SSSR count). The quantitative estimate of drug-likeness (QED) is 0.471. The van der Waals surface area contributed by atoms with Gasteiger partial charge >= 0.3 is 0 Å². The van der Waals surface area contributed by atoms with Gasteiger partial charge in [0.05, 0.1) is 11.8 Å². The van der Waals surface area contributed by atoms with Crippen LogP contribution in [0, 0.1) is 5.82 Å². The summed E-state index contributed by atoms with van der Waals surface area (Å²) in [5, 5.41) is 12.8. The number of thioether (sulfide) groups is 1. The van der Waals surface area contributed by atoms with E-state index in [2.05, 4.69) is 0 Å². The van der Waals surface area contributed by atoms with Crippen molar-refractivity contribution in [2.24, 2.45) is 0 Å². The standard InChI is InChI=1S/C21H16FNO3S2/c22-15-3-5-16(6-4-15)23-19(13-1-7-17(24)8-2-13)20(21(23)26)28-12-18(25)14-9-10-27-11-14/h1-11,19-20,24H,12H2/t19-,20-/m0/s1. The number of thiophene rings is 1. The molecule has 1 aliphatic heterocycles. The van der Waals surface area contributed by atoms with E-state index in [1.807, 2.05) is 5.38 Å². The average molecular weight is 413 g/mol. The molecular weight excluding hydrogens is 397 g/mol. The zero-order chi connectivity index (χ0) is 19.7. The predicted molar refractivity (Wildman–Crippen MR) is 110 cm³/mol. The third-order valence-electron chi connectivity index (χ3n) is 4.62. The Morgan fingerprint density at radius 1 is 1.11 bits per heavy atom. The van der Waals surface area contributed by atoms with Gasteiger partial charge in [0.1, 0.15) is 16.8 Å². The number of carbonyl (C=O) groups excluding carboxylic acids is 2. The molecule has 0 saturated carbocycles. The normalized spacial score (nSPS) is 18.8. The van der Waals surface area contributed by atoms with Crippen molar-refractivity contribution >= 4 is 40.5 Å². The fourth-order valence-electron chi connectivity index (χ4n) is 3.18. The van der Waals surface area contributed by atoms with Crippen molar-refractivity contribution in [2.45, 2.75) is 11.3 Å².